The molecule has 5 heteroatoms. The smallest absolute Gasteiger partial charge is 0.164 e. The minimum atomic E-state index is -0.549. The SMILES string of the molecule is c1ccc(-c2nc(-c3ccccc3)nc(-c3ccc(-c4ccc(-c5nc(-c6ccccc6)c6c(n5)-c5ccccc5C65c6ccccc6-c6ccccc65)cc4)cc3)n2)cc1. The van der Waals surface area contributed by atoms with Gasteiger partial charge in [0.15, 0.2) is 23.3 Å². The van der Waals surface area contributed by atoms with Gasteiger partial charge in [-0.3, -0.25) is 0 Å². The third-order valence-electron chi connectivity index (χ3n) is 12.2. The molecule has 0 saturated heterocycles. The molecule has 61 heavy (non-hydrogen) atoms. The van der Waals surface area contributed by atoms with Crippen LogP contribution in [0.5, 0.6) is 0 Å². The minimum absolute atomic E-state index is 0.549. The first-order chi connectivity index (χ1) is 30.2. The first-order valence-electron chi connectivity index (χ1n) is 20.6. The molecule has 0 radical (unpaired) electrons. The Bertz CT molecular complexity index is 3170. The van der Waals surface area contributed by atoms with Crippen LogP contribution in [0.2, 0.25) is 0 Å². The maximum absolute atomic E-state index is 5.51. The molecule has 5 nitrogen and oxygen atoms in total. The van der Waals surface area contributed by atoms with Crippen LogP contribution in [0.3, 0.4) is 0 Å². The van der Waals surface area contributed by atoms with Crippen LogP contribution in [0, 0.1) is 0 Å². The Labute approximate surface area is 353 Å². The van der Waals surface area contributed by atoms with E-state index in [4.69, 9.17) is 24.9 Å². The van der Waals surface area contributed by atoms with Crippen LogP contribution >= 0.6 is 0 Å². The molecule has 0 fully saturated rings. The molecule has 0 N–H and O–H groups in total. The molecule has 0 saturated carbocycles. The Morgan fingerprint density at radius 2 is 0.541 bits per heavy atom. The van der Waals surface area contributed by atoms with E-state index < -0.39 is 5.41 Å². The second-order valence-electron chi connectivity index (χ2n) is 15.6. The third kappa shape index (κ3) is 5.52. The van der Waals surface area contributed by atoms with Gasteiger partial charge in [-0.1, -0.05) is 212 Å². The number of fused-ring (bicyclic) bond motifs is 10. The third-order valence-corrected chi connectivity index (χ3v) is 12.2. The van der Waals surface area contributed by atoms with Crippen molar-refractivity contribution < 1.29 is 0 Å². The Hall–Kier alpha value is -8.15. The van der Waals surface area contributed by atoms with Gasteiger partial charge in [0.1, 0.15) is 0 Å². The molecule has 2 aliphatic rings. The van der Waals surface area contributed by atoms with Crippen molar-refractivity contribution in [1.29, 1.82) is 0 Å². The number of hydrogen-bond donors (Lipinski definition) is 0. The number of rotatable bonds is 6. The molecule has 0 unspecified atom stereocenters. The van der Waals surface area contributed by atoms with Crippen molar-refractivity contribution in [3.63, 3.8) is 0 Å². The quantitative estimate of drug-likeness (QED) is 0.168. The summed E-state index contributed by atoms with van der Waals surface area (Å²) in [7, 11) is 0. The van der Waals surface area contributed by atoms with Gasteiger partial charge in [-0.15, -0.1) is 0 Å². The summed E-state index contributed by atoms with van der Waals surface area (Å²) >= 11 is 0. The molecule has 2 heterocycles. The number of hydrogen-bond acceptors (Lipinski definition) is 5. The van der Waals surface area contributed by atoms with E-state index >= 15 is 0 Å². The Kier molecular flexibility index (Phi) is 8.00. The van der Waals surface area contributed by atoms with Crippen LogP contribution in [0.15, 0.2) is 212 Å². The summed E-state index contributed by atoms with van der Waals surface area (Å²) in [6.07, 6.45) is 0. The highest BCUT2D eigenvalue weighted by Crippen LogP contribution is 2.64. The summed E-state index contributed by atoms with van der Waals surface area (Å²) in [6.45, 7) is 0. The molecular weight excluding hydrogens is 743 g/mol. The zero-order valence-electron chi connectivity index (χ0n) is 32.9. The van der Waals surface area contributed by atoms with Crippen molar-refractivity contribution in [1.82, 2.24) is 24.9 Å². The summed E-state index contributed by atoms with van der Waals surface area (Å²) in [6, 6.07) is 74.3. The predicted molar refractivity (Wildman–Crippen MR) is 244 cm³/mol. The molecular formula is C56H35N5. The summed E-state index contributed by atoms with van der Waals surface area (Å²) in [5, 5.41) is 0. The Morgan fingerprint density at radius 1 is 0.230 bits per heavy atom. The lowest BCUT2D eigenvalue weighted by Gasteiger charge is -2.31. The molecule has 2 aliphatic carbocycles. The van der Waals surface area contributed by atoms with E-state index in [1.165, 1.54) is 27.8 Å². The van der Waals surface area contributed by atoms with Gasteiger partial charge in [-0.25, -0.2) is 24.9 Å². The normalized spacial score (nSPS) is 12.7. The summed E-state index contributed by atoms with van der Waals surface area (Å²) in [5.41, 5.74) is 17.0. The number of benzene rings is 8. The van der Waals surface area contributed by atoms with Gasteiger partial charge in [-0.2, -0.15) is 0 Å². The van der Waals surface area contributed by atoms with Crippen LogP contribution < -0.4 is 0 Å². The van der Waals surface area contributed by atoms with E-state index in [9.17, 15) is 0 Å². The van der Waals surface area contributed by atoms with Gasteiger partial charge in [0.25, 0.3) is 0 Å². The van der Waals surface area contributed by atoms with Crippen molar-refractivity contribution >= 4 is 0 Å². The van der Waals surface area contributed by atoms with Gasteiger partial charge in [0, 0.05) is 38.9 Å². The van der Waals surface area contributed by atoms with Crippen LogP contribution in [-0.4, -0.2) is 24.9 Å². The topological polar surface area (TPSA) is 64.5 Å². The fourth-order valence-corrected chi connectivity index (χ4v) is 9.45. The maximum atomic E-state index is 5.51. The van der Waals surface area contributed by atoms with Gasteiger partial charge >= 0.3 is 0 Å². The fourth-order valence-electron chi connectivity index (χ4n) is 9.45. The van der Waals surface area contributed by atoms with Crippen LogP contribution in [0.1, 0.15) is 22.3 Å². The molecule has 0 atom stereocenters. The second kappa shape index (κ2) is 14.0. The van der Waals surface area contributed by atoms with Crippen LogP contribution in [-0.2, 0) is 5.41 Å². The lowest BCUT2D eigenvalue weighted by Crippen LogP contribution is -2.27. The van der Waals surface area contributed by atoms with Crippen molar-refractivity contribution in [3.8, 4) is 90.3 Å². The van der Waals surface area contributed by atoms with E-state index in [2.05, 4.69) is 152 Å². The van der Waals surface area contributed by atoms with Crippen LogP contribution in [0.4, 0.5) is 0 Å². The van der Waals surface area contributed by atoms with Crippen molar-refractivity contribution in [3.05, 3.63) is 235 Å². The Balaban J connectivity index is 0.948. The first-order valence-corrected chi connectivity index (χ1v) is 20.6. The lowest BCUT2D eigenvalue weighted by molar-refractivity contribution is 0.788. The average Bonchev–Trinajstić information content (AvgIpc) is 3.82. The van der Waals surface area contributed by atoms with Crippen molar-refractivity contribution in [2.45, 2.75) is 5.41 Å². The predicted octanol–water partition coefficient (Wildman–Crippen LogP) is 13.0. The van der Waals surface area contributed by atoms with Gasteiger partial charge in [0.05, 0.1) is 16.8 Å². The summed E-state index contributed by atoms with van der Waals surface area (Å²) < 4.78 is 0. The molecule has 2 aromatic heterocycles. The second-order valence-corrected chi connectivity index (χ2v) is 15.6. The van der Waals surface area contributed by atoms with Gasteiger partial charge in [0.2, 0.25) is 0 Å². The first kappa shape index (κ1) is 34.9. The summed E-state index contributed by atoms with van der Waals surface area (Å²) in [4.78, 5) is 25.7. The minimum Gasteiger partial charge on any atom is -0.228 e. The van der Waals surface area contributed by atoms with E-state index in [1.807, 2.05) is 60.7 Å². The van der Waals surface area contributed by atoms with E-state index in [0.29, 0.717) is 23.3 Å². The Morgan fingerprint density at radius 3 is 1.00 bits per heavy atom. The highest BCUT2D eigenvalue weighted by molar-refractivity contribution is 5.97. The largest absolute Gasteiger partial charge is 0.228 e. The molecule has 284 valence electrons. The van der Waals surface area contributed by atoms with Gasteiger partial charge in [-0.05, 0) is 38.9 Å². The number of aromatic nitrogens is 5. The number of nitrogens with zero attached hydrogens (tertiary/aromatic N) is 5. The molecule has 8 aromatic carbocycles. The van der Waals surface area contributed by atoms with Crippen LogP contribution in [0.25, 0.3) is 90.3 Å². The zero-order chi connectivity index (χ0) is 40.3. The molecule has 1 spiro atoms. The highest BCUT2D eigenvalue weighted by Gasteiger charge is 2.54. The van der Waals surface area contributed by atoms with E-state index in [-0.39, 0.29) is 0 Å². The lowest BCUT2D eigenvalue weighted by atomic mass is 9.69. The molecule has 12 rings (SSSR count). The standard InChI is InChI=1S/C56H35N5/c1-4-16-38(17-5-1)50-49-51(45-24-12-15-27-48(45)56(49)46-25-13-10-22-43(46)44-23-11-14-26-47(44)56)58-52(57-50)41-32-28-36(29-33-41)37-30-34-42(35-31-37)55-60-53(39-18-6-2-7-19-39)59-54(61-55)40-20-8-3-9-21-40/h1-35H. The summed E-state index contributed by atoms with van der Waals surface area (Å²) in [5.74, 6) is 2.62. The van der Waals surface area contributed by atoms with Crippen molar-refractivity contribution in [2.75, 3.05) is 0 Å². The van der Waals surface area contributed by atoms with E-state index in [1.54, 1.807) is 0 Å². The fraction of sp³-hybridized carbons (Fsp3) is 0.0179. The molecule has 0 amide bonds. The molecule has 0 aliphatic heterocycles. The van der Waals surface area contributed by atoms with E-state index in [0.717, 1.165) is 61.5 Å². The van der Waals surface area contributed by atoms with Crippen molar-refractivity contribution in [2.24, 2.45) is 0 Å². The average molecular weight is 778 g/mol. The monoisotopic (exact) mass is 777 g/mol. The molecule has 0 bridgehead atoms. The highest BCUT2D eigenvalue weighted by atomic mass is 15.0. The maximum Gasteiger partial charge on any atom is 0.164 e. The van der Waals surface area contributed by atoms with Gasteiger partial charge < -0.3 is 0 Å². The zero-order valence-corrected chi connectivity index (χ0v) is 32.9. The molecule has 10 aromatic rings.